The van der Waals surface area contributed by atoms with E-state index < -0.39 is 12.3 Å². The molecular formula is C14H17N5O3. The van der Waals surface area contributed by atoms with Crippen LogP contribution in [0.25, 0.3) is 5.69 Å². The zero-order valence-electron chi connectivity index (χ0n) is 12.5. The van der Waals surface area contributed by atoms with Gasteiger partial charge in [0.05, 0.1) is 19.1 Å². The molecular weight excluding hydrogens is 286 g/mol. The molecule has 0 fully saturated rings. The first-order chi connectivity index (χ1) is 10.6. The van der Waals surface area contributed by atoms with Gasteiger partial charge in [-0.05, 0) is 26.0 Å². The number of imidazole rings is 1. The molecule has 8 heteroatoms. The number of aryl methyl sites for hydroxylation is 1. The summed E-state index contributed by atoms with van der Waals surface area (Å²) in [5.41, 5.74) is 2.18. The number of ether oxygens (including phenoxy) is 1. The van der Waals surface area contributed by atoms with E-state index in [1.54, 1.807) is 26.4 Å². The molecule has 1 aliphatic heterocycles. The molecule has 22 heavy (non-hydrogen) atoms. The van der Waals surface area contributed by atoms with Crippen LogP contribution in [0.2, 0.25) is 0 Å². The van der Waals surface area contributed by atoms with Gasteiger partial charge in [0.25, 0.3) is 0 Å². The lowest BCUT2D eigenvalue weighted by Gasteiger charge is -2.25. The van der Waals surface area contributed by atoms with Crippen molar-refractivity contribution in [3.63, 3.8) is 0 Å². The molecule has 0 aliphatic carbocycles. The summed E-state index contributed by atoms with van der Waals surface area (Å²) in [5, 5.41) is 16.5. The molecule has 8 nitrogen and oxygen atoms in total. The zero-order chi connectivity index (χ0) is 15.7. The molecule has 2 aromatic heterocycles. The fourth-order valence-corrected chi connectivity index (χ4v) is 2.06. The Bertz CT molecular complexity index is 712. The fraction of sp³-hybridized carbons (Fsp3) is 0.357. The molecule has 2 unspecified atom stereocenters. The first-order valence-electron chi connectivity index (χ1n) is 6.83. The van der Waals surface area contributed by atoms with Crippen LogP contribution in [0.5, 0.6) is 5.88 Å². The molecule has 3 rings (SSSR count). The number of amidine groups is 1. The van der Waals surface area contributed by atoms with Crippen molar-refractivity contribution in [2.45, 2.75) is 26.2 Å². The van der Waals surface area contributed by atoms with Crippen LogP contribution < -0.4 is 10.1 Å². The third-order valence-electron chi connectivity index (χ3n) is 3.31. The minimum Gasteiger partial charge on any atom is -0.479 e. The average Bonchev–Trinajstić information content (AvgIpc) is 2.95. The topological polar surface area (TPSA) is 93.8 Å². The second-order valence-electron chi connectivity index (χ2n) is 4.99. The van der Waals surface area contributed by atoms with Gasteiger partial charge in [0.15, 0.2) is 18.2 Å². The van der Waals surface area contributed by atoms with Crippen molar-refractivity contribution in [1.29, 1.82) is 0 Å². The van der Waals surface area contributed by atoms with Gasteiger partial charge < -0.3 is 24.6 Å². The summed E-state index contributed by atoms with van der Waals surface area (Å²) >= 11 is 0. The minimum atomic E-state index is -0.837. The number of pyridine rings is 1. The smallest absolute Gasteiger partial charge is 0.238 e. The van der Waals surface area contributed by atoms with Gasteiger partial charge in [-0.15, -0.1) is 0 Å². The molecule has 2 atom stereocenters. The summed E-state index contributed by atoms with van der Waals surface area (Å²) in [7, 11) is 1.54. The number of hydrogen-bond donors (Lipinski definition) is 2. The van der Waals surface area contributed by atoms with Crippen molar-refractivity contribution in [2.75, 3.05) is 7.11 Å². The van der Waals surface area contributed by atoms with Crippen molar-refractivity contribution >= 4 is 5.84 Å². The Morgan fingerprint density at radius 1 is 1.41 bits per heavy atom. The van der Waals surface area contributed by atoms with Crippen molar-refractivity contribution in [2.24, 2.45) is 5.16 Å². The second-order valence-corrected chi connectivity index (χ2v) is 4.99. The third kappa shape index (κ3) is 2.60. The number of methoxy groups -OCH3 is 1. The first-order valence-corrected chi connectivity index (χ1v) is 6.83. The van der Waals surface area contributed by atoms with E-state index in [1.807, 2.05) is 23.8 Å². The van der Waals surface area contributed by atoms with Gasteiger partial charge in [-0.25, -0.2) is 9.97 Å². The zero-order valence-corrected chi connectivity index (χ0v) is 12.5. The molecule has 0 saturated heterocycles. The van der Waals surface area contributed by atoms with Crippen molar-refractivity contribution in [3.05, 3.63) is 36.0 Å². The number of aromatic nitrogens is 3. The van der Waals surface area contributed by atoms with Crippen molar-refractivity contribution in [3.8, 4) is 11.6 Å². The van der Waals surface area contributed by atoms with Crippen molar-refractivity contribution < 1.29 is 14.7 Å². The number of aliphatic hydroxyl groups is 1. The minimum absolute atomic E-state index is 0.359. The molecule has 0 spiro atoms. The van der Waals surface area contributed by atoms with E-state index in [0.29, 0.717) is 17.4 Å². The number of nitrogens with zero attached hydrogens (tertiary/aromatic N) is 4. The highest BCUT2D eigenvalue weighted by atomic mass is 16.6. The van der Waals surface area contributed by atoms with Gasteiger partial charge in [-0.1, -0.05) is 5.16 Å². The predicted octanol–water partition coefficient (Wildman–Crippen LogP) is 0.573. The maximum atomic E-state index is 9.78. The number of rotatable bonds is 3. The highest BCUT2D eigenvalue weighted by molar-refractivity contribution is 5.97. The van der Waals surface area contributed by atoms with E-state index in [-0.39, 0.29) is 0 Å². The number of oxime groups is 1. The maximum Gasteiger partial charge on any atom is 0.238 e. The quantitative estimate of drug-likeness (QED) is 0.861. The SMILES string of the molecule is COc1nc(C2=NOC(C)C(O)N2)ccc1-n1cnc(C)c1. The van der Waals surface area contributed by atoms with E-state index in [4.69, 9.17) is 9.57 Å². The first kappa shape index (κ1) is 14.3. The monoisotopic (exact) mass is 303 g/mol. The summed E-state index contributed by atoms with van der Waals surface area (Å²) in [5.74, 6) is 0.782. The molecule has 2 aromatic rings. The summed E-state index contributed by atoms with van der Waals surface area (Å²) < 4.78 is 7.17. The van der Waals surface area contributed by atoms with Crippen molar-refractivity contribution in [1.82, 2.24) is 19.9 Å². The predicted molar refractivity (Wildman–Crippen MR) is 78.9 cm³/mol. The highest BCUT2D eigenvalue weighted by Crippen LogP contribution is 2.21. The lowest BCUT2D eigenvalue weighted by Crippen LogP contribution is -2.47. The van der Waals surface area contributed by atoms with Gasteiger partial charge in [0.1, 0.15) is 11.4 Å². The van der Waals surface area contributed by atoms with E-state index in [1.165, 1.54) is 0 Å². The Morgan fingerprint density at radius 2 is 2.23 bits per heavy atom. The fourth-order valence-electron chi connectivity index (χ4n) is 2.06. The molecule has 3 heterocycles. The van der Waals surface area contributed by atoms with Crippen LogP contribution in [0.1, 0.15) is 18.3 Å². The van der Waals surface area contributed by atoms with Crippen LogP contribution in [0.15, 0.2) is 29.8 Å². The standard InChI is InChI=1S/C14H17N5O3/c1-8-6-19(7-15-8)11-5-4-10(16-14(11)21-3)12-17-13(20)9(2)22-18-12/h4-7,9,13,20H,1-3H3,(H,17,18). The van der Waals surface area contributed by atoms with Crippen LogP contribution in [-0.4, -0.2) is 44.9 Å². The summed E-state index contributed by atoms with van der Waals surface area (Å²) in [6, 6.07) is 3.61. The van der Waals surface area contributed by atoms with Gasteiger partial charge >= 0.3 is 0 Å². The Morgan fingerprint density at radius 3 is 2.86 bits per heavy atom. The number of hydrogen-bond acceptors (Lipinski definition) is 7. The molecule has 2 N–H and O–H groups in total. The lowest BCUT2D eigenvalue weighted by molar-refractivity contribution is -0.0452. The Labute approximate surface area is 127 Å². The van der Waals surface area contributed by atoms with E-state index in [2.05, 4.69) is 20.4 Å². The van der Waals surface area contributed by atoms with E-state index >= 15 is 0 Å². The molecule has 0 amide bonds. The summed E-state index contributed by atoms with van der Waals surface area (Å²) in [6.45, 7) is 3.63. The van der Waals surface area contributed by atoms with Gasteiger partial charge in [-0.3, -0.25) is 0 Å². The lowest BCUT2D eigenvalue weighted by atomic mass is 10.2. The molecule has 0 bridgehead atoms. The molecule has 1 aliphatic rings. The molecule has 0 radical (unpaired) electrons. The third-order valence-corrected chi connectivity index (χ3v) is 3.31. The van der Waals surface area contributed by atoms with Gasteiger partial charge in [0, 0.05) is 6.20 Å². The molecule has 116 valence electrons. The van der Waals surface area contributed by atoms with Crippen LogP contribution in [0.4, 0.5) is 0 Å². The largest absolute Gasteiger partial charge is 0.479 e. The Kier molecular flexibility index (Phi) is 3.68. The van der Waals surface area contributed by atoms with Crippen LogP contribution in [0.3, 0.4) is 0 Å². The Balaban J connectivity index is 1.95. The van der Waals surface area contributed by atoms with E-state index in [0.717, 1.165) is 11.4 Å². The second kappa shape index (κ2) is 5.64. The van der Waals surface area contributed by atoms with Crippen LogP contribution >= 0.6 is 0 Å². The highest BCUT2D eigenvalue weighted by Gasteiger charge is 2.24. The number of aliphatic hydroxyl groups excluding tert-OH is 1. The van der Waals surface area contributed by atoms with Crippen LogP contribution in [-0.2, 0) is 4.84 Å². The normalized spacial score (nSPS) is 20.8. The number of nitrogens with one attached hydrogen (secondary N) is 1. The maximum absolute atomic E-state index is 9.78. The molecule has 0 aromatic carbocycles. The Hall–Kier alpha value is -2.61. The van der Waals surface area contributed by atoms with Gasteiger partial charge in [0.2, 0.25) is 5.88 Å². The van der Waals surface area contributed by atoms with Gasteiger partial charge in [-0.2, -0.15) is 0 Å². The van der Waals surface area contributed by atoms with Crippen LogP contribution in [0, 0.1) is 6.92 Å². The van der Waals surface area contributed by atoms with E-state index in [9.17, 15) is 5.11 Å². The molecule has 0 saturated carbocycles. The summed E-state index contributed by atoms with van der Waals surface area (Å²) in [4.78, 5) is 13.7. The summed E-state index contributed by atoms with van der Waals surface area (Å²) in [6.07, 6.45) is 2.32. The average molecular weight is 303 g/mol.